The molecule has 1 aromatic carbocycles. The Morgan fingerprint density at radius 1 is 1.05 bits per heavy atom. The molecule has 1 aromatic heterocycles. The molecule has 0 radical (unpaired) electrons. The second kappa shape index (κ2) is 15.8. The van der Waals surface area contributed by atoms with E-state index in [0.717, 1.165) is 0 Å². The third-order valence-electron chi connectivity index (χ3n) is 11.7. The van der Waals surface area contributed by atoms with Gasteiger partial charge in [0.2, 0.25) is 39.2 Å². The molecule has 19 heteroatoms. The van der Waals surface area contributed by atoms with E-state index in [4.69, 9.17) is 14.2 Å². The number of rotatable bonds is 9. The first-order valence-corrected chi connectivity index (χ1v) is 21.1. The lowest BCUT2D eigenvalue weighted by atomic mass is 9.88. The van der Waals surface area contributed by atoms with Crippen molar-refractivity contribution in [1.29, 1.82) is 0 Å². The number of hydrogen-bond acceptors (Lipinski definition) is 11. The van der Waals surface area contributed by atoms with Crippen molar-refractivity contribution in [2.75, 3.05) is 13.2 Å². The van der Waals surface area contributed by atoms with Crippen LogP contribution in [-0.4, -0.2) is 101 Å². The summed E-state index contributed by atoms with van der Waals surface area (Å²) in [6.45, 7) is 8.40. The van der Waals surface area contributed by atoms with Crippen molar-refractivity contribution in [3.63, 3.8) is 0 Å². The fourth-order valence-electron chi connectivity index (χ4n) is 7.59. The second-order valence-electron chi connectivity index (χ2n) is 16.8. The predicted molar refractivity (Wildman–Crippen MR) is 204 cm³/mol. The minimum absolute atomic E-state index is 0.0436. The van der Waals surface area contributed by atoms with Crippen LogP contribution in [0.3, 0.4) is 0 Å². The van der Waals surface area contributed by atoms with Gasteiger partial charge in [0.25, 0.3) is 5.91 Å². The average Bonchev–Trinajstić information content (AvgIpc) is 4.02. The van der Waals surface area contributed by atoms with E-state index in [9.17, 15) is 40.8 Å². The molecule has 58 heavy (non-hydrogen) atoms. The van der Waals surface area contributed by atoms with E-state index in [-0.39, 0.29) is 37.1 Å². The van der Waals surface area contributed by atoms with Crippen molar-refractivity contribution < 1.29 is 55.0 Å². The van der Waals surface area contributed by atoms with Gasteiger partial charge in [0.1, 0.15) is 23.7 Å². The van der Waals surface area contributed by atoms with Gasteiger partial charge in [-0.05, 0) is 90.2 Å². The van der Waals surface area contributed by atoms with Crippen LogP contribution in [0.4, 0.5) is 18.0 Å². The molecule has 0 bridgehead atoms. The van der Waals surface area contributed by atoms with Gasteiger partial charge in [0.05, 0.1) is 28.7 Å². The van der Waals surface area contributed by atoms with E-state index in [2.05, 4.69) is 25.6 Å². The topological polar surface area (TPSA) is 195 Å². The van der Waals surface area contributed by atoms with Crippen molar-refractivity contribution in [1.82, 2.24) is 30.5 Å². The first-order chi connectivity index (χ1) is 27.1. The molecule has 318 valence electrons. The van der Waals surface area contributed by atoms with Gasteiger partial charge < -0.3 is 29.7 Å². The summed E-state index contributed by atoms with van der Waals surface area (Å²) in [5.41, 5.74) is -4.54. The van der Waals surface area contributed by atoms with Gasteiger partial charge in [-0.1, -0.05) is 38.1 Å². The van der Waals surface area contributed by atoms with Crippen molar-refractivity contribution in [3.8, 4) is 11.8 Å². The van der Waals surface area contributed by atoms with Crippen molar-refractivity contribution in [2.45, 2.75) is 127 Å². The summed E-state index contributed by atoms with van der Waals surface area (Å²) in [7, 11) is -4.08. The minimum Gasteiger partial charge on any atom is -0.476 e. The summed E-state index contributed by atoms with van der Waals surface area (Å²) in [4.78, 5) is 57.5. The standard InChI is InChI=1S/C39H51F3N6O9S/c1-7-55-31-26-14-10-11-15-27(26)32(46-45-31)56-25-19-28-30(49)44-38(34(51)47-58(53,54)37(6)16-17-37)20-24(38)13-9-8-12-22(2)18-23(3)29(33(50)48(28)21-25)43-35(52)57-36(4,5)39(40,41)42/h9-11,13-15,22-25,28-29H,7-8,12,16-21H2,1-6H3,(H,43,52)(H,44,49)(H,47,51)/b13-9-/t22-,23-,24-,25-,28+,29+,38-/m1/s1. The minimum atomic E-state index is -4.92. The molecule has 3 heterocycles. The van der Waals surface area contributed by atoms with E-state index >= 15 is 0 Å². The summed E-state index contributed by atoms with van der Waals surface area (Å²) in [5, 5.41) is 14.7. The maximum absolute atomic E-state index is 14.7. The zero-order chi connectivity index (χ0) is 42.4. The molecule has 2 saturated carbocycles. The number of benzene rings is 1. The number of fused-ring (bicyclic) bond motifs is 3. The summed E-state index contributed by atoms with van der Waals surface area (Å²) < 4.78 is 85.4. The van der Waals surface area contributed by atoms with Crippen LogP contribution in [0.1, 0.15) is 86.5 Å². The molecule has 4 aliphatic rings. The predicted octanol–water partition coefficient (Wildman–Crippen LogP) is 4.70. The van der Waals surface area contributed by atoms with E-state index < -0.39 is 85.9 Å². The molecule has 2 aromatic rings. The molecule has 3 N–H and O–H groups in total. The lowest BCUT2D eigenvalue weighted by molar-refractivity contribution is -0.244. The highest BCUT2D eigenvalue weighted by molar-refractivity contribution is 7.91. The van der Waals surface area contributed by atoms with Crippen LogP contribution < -0.4 is 24.8 Å². The number of ether oxygens (including phenoxy) is 3. The molecule has 1 saturated heterocycles. The number of allylic oxidation sites excluding steroid dienone is 1. The first kappa shape index (κ1) is 42.9. The average molecular weight is 837 g/mol. The van der Waals surface area contributed by atoms with Crippen LogP contribution in [0.25, 0.3) is 10.8 Å². The van der Waals surface area contributed by atoms with Crippen LogP contribution in [0.2, 0.25) is 0 Å². The Balaban J connectivity index is 1.36. The van der Waals surface area contributed by atoms with Gasteiger partial charge >= 0.3 is 12.3 Å². The quantitative estimate of drug-likeness (QED) is 0.297. The number of carbonyl (C=O) groups excluding carboxylic acids is 4. The zero-order valence-electron chi connectivity index (χ0n) is 33.4. The largest absolute Gasteiger partial charge is 0.476 e. The molecule has 0 spiro atoms. The number of hydrogen-bond donors (Lipinski definition) is 3. The first-order valence-electron chi connectivity index (χ1n) is 19.6. The van der Waals surface area contributed by atoms with Gasteiger partial charge in [-0.25, -0.2) is 13.2 Å². The van der Waals surface area contributed by atoms with E-state index in [1.807, 2.05) is 13.0 Å². The maximum Gasteiger partial charge on any atom is 0.427 e. The highest BCUT2D eigenvalue weighted by atomic mass is 32.2. The van der Waals surface area contributed by atoms with Gasteiger partial charge in [0.15, 0.2) is 0 Å². The van der Waals surface area contributed by atoms with Crippen LogP contribution in [0.15, 0.2) is 36.4 Å². The fraction of sp³-hybridized carbons (Fsp3) is 0.641. The van der Waals surface area contributed by atoms with Gasteiger partial charge in [-0.15, -0.1) is 10.2 Å². The molecule has 15 nitrogen and oxygen atoms in total. The van der Waals surface area contributed by atoms with Gasteiger partial charge in [-0.2, -0.15) is 13.2 Å². The Morgan fingerprint density at radius 2 is 1.71 bits per heavy atom. The second-order valence-corrected chi connectivity index (χ2v) is 19.0. The molecule has 0 unspecified atom stereocenters. The van der Waals surface area contributed by atoms with Crippen LogP contribution in [0.5, 0.6) is 11.8 Å². The fourth-order valence-corrected chi connectivity index (χ4v) is 8.90. The summed E-state index contributed by atoms with van der Waals surface area (Å²) >= 11 is 0. The molecular formula is C39H51F3N6O9S. The third kappa shape index (κ3) is 8.69. The Hall–Kier alpha value is -4.68. The number of alkyl halides is 3. The number of alkyl carbamates (subject to hydrolysis) is 1. The Kier molecular flexibility index (Phi) is 11.7. The summed E-state index contributed by atoms with van der Waals surface area (Å²) in [6, 6.07) is 4.26. The van der Waals surface area contributed by atoms with Gasteiger partial charge in [-0.3, -0.25) is 19.1 Å². The van der Waals surface area contributed by atoms with Crippen molar-refractivity contribution >= 4 is 44.6 Å². The smallest absolute Gasteiger partial charge is 0.427 e. The molecule has 3 fully saturated rings. The Morgan fingerprint density at radius 3 is 2.34 bits per heavy atom. The maximum atomic E-state index is 14.7. The van der Waals surface area contributed by atoms with Crippen LogP contribution in [0, 0.1) is 17.8 Å². The third-order valence-corrected chi connectivity index (χ3v) is 13.9. The number of nitrogens with one attached hydrogen (secondary N) is 3. The lowest BCUT2D eigenvalue weighted by Crippen LogP contribution is -2.59. The highest BCUT2D eigenvalue weighted by Crippen LogP contribution is 2.48. The molecule has 7 atom stereocenters. The molecule has 2 aliphatic carbocycles. The number of amides is 4. The number of sulfonamides is 1. The molecule has 2 aliphatic heterocycles. The monoisotopic (exact) mass is 836 g/mol. The zero-order valence-corrected chi connectivity index (χ0v) is 34.2. The Bertz CT molecular complexity index is 2080. The van der Waals surface area contributed by atoms with Crippen molar-refractivity contribution in [2.24, 2.45) is 17.8 Å². The molecular weight excluding hydrogens is 786 g/mol. The summed E-state index contributed by atoms with van der Waals surface area (Å²) in [5.74, 6) is -3.38. The van der Waals surface area contributed by atoms with Gasteiger partial charge in [0, 0.05) is 12.3 Å². The highest BCUT2D eigenvalue weighted by Gasteiger charge is 2.63. The Labute approximate surface area is 335 Å². The number of aromatic nitrogens is 2. The summed E-state index contributed by atoms with van der Waals surface area (Å²) in [6.07, 6.45) is -1.46. The van der Waals surface area contributed by atoms with Crippen molar-refractivity contribution in [3.05, 3.63) is 36.4 Å². The van der Waals surface area contributed by atoms with Crippen LogP contribution >= 0.6 is 0 Å². The van der Waals surface area contributed by atoms with E-state index in [1.165, 1.54) is 11.8 Å². The molecule has 6 rings (SSSR count). The number of carbonyl (C=O) groups is 4. The number of nitrogens with zero attached hydrogens (tertiary/aromatic N) is 3. The normalized spacial score (nSPS) is 29.4. The van der Waals surface area contributed by atoms with E-state index in [1.54, 1.807) is 44.2 Å². The molecule has 4 amide bonds. The van der Waals surface area contributed by atoms with Crippen LogP contribution in [-0.2, 0) is 29.1 Å². The SMILES string of the molecule is CCOc1nnc(O[C@@H]2C[C@H]3C(=O)N[C@]4(C(=O)NS(=O)(=O)C5(C)CC5)C[C@H]4/C=C\CC[C@@H](C)C[C@@H](C)[C@H](NC(=O)OC(C)(C)C(F)(F)F)C(=O)N3C2)c2ccccc12. The van der Waals surface area contributed by atoms with E-state index in [0.29, 0.717) is 63.3 Å². The lowest BCUT2D eigenvalue weighted by Gasteiger charge is -2.34. The number of halogens is 3.